The van der Waals surface area contributed by atoms with Crippen LogP contribution < -0.4 is 5.32 Å². The van der Waals surface area contributed by atoms with E-state index in [2.05, 4.69) is 12.2 Å². The Bertz CT molecular complexity index is 335. The lowest BCUT2D eigenvalue weighted by Gasteiger charge is -2.33. The Morgan fingerprint density at radius 1 is 1.44 bits per heavy atom. The van der Waals surface area contributed by atoms with Crippen LogP contribution in [0.5, 0.6) is 0 Å². The van der Waals surface area contributed by atoms with Gasteiger partial charge in [-0.05, 0) is 45.0 Å². The molecule has 0 aliphatic carbocycles. The molecule has 18 heavy (non-hydrogen) atoms. The fourth-order valence-electron chi connectivity index (χ4n) is 2.45. The van der Waals surface area contributed by atoms with E-state index in [4.69, 9.17) is 4.42 Å². The summed E-state index contributed by atoms with van der Waals surface area (Å²) in [6.45, 7) is 3.45. The van der Waals surface area contributed by atoms with Gasteiger partial charge in [0.25, 0.3) is 6.43 Å². The zero-order valence-corrected chi connectivity index (χ0v) is 10.6. The first-order chi connectivity index (χ1) is 8.65. The van der Waals surface area contributed by atoms with Crippen molar-refractivity contribution in [3.05, 3.63) is 24.2 Å². The molecule has 2 heterocycles. The Labute approximate surface area is 106 Å². The molecule has 1 saturated heterocycles. The van der Waals surface area contributed by atoms with Crippen molar-refractivity contribution in [2.45, 2.75) is 38.3 Å². The number of hydrogen-bond donors (Lipinski definition) is 1. The molecule has 1 fully saturated rings. The monoisotopic (exact) mass is 258 g/mol. The van der Waals surface area contributed by atoms with Gasteiger partial charge in [0.05, 0.1) is 18.8 Å². The van der Waals surface area contributed by atoms with Crippen molar-refractivity contribution in [1.29, 1.82) is 0 Å². The first kappa shape index (κ1) is 13.5. The first-order valence-corrected chi connectivity index (χ1v) is 6.45. The molecule has 0 unspecified atom stereocenters. The first-order valence-electron chi connectivity index (χ1n) is 6.45. The fraction of sp³-hybridized carbons (Fsp3) is 0.692. The number of nitrogens with zero attached hydrogens (tertiary/aromatic N) is 1. The highest BCUT2D eigenvalue weighted by molar-refractivity contribution is 5.03. The maximum Gasteiger partial charge on any atom is 0.251 e. The third kappa shape index (κ3) is 3.78. The smallest absolute Gasteiger partial charge is 0.251 e. The van der Waals surface area contributed by atoms with E-state index >= 15 is 0 Å². The molecule has 1 aromatic heterocycles. The van der Waals surface area contributed by atoms with Crippen LogP contribution in [0.3, 0.4) is 0 Å². The summed E-state index contributed by atoms with van der Waals surface area (Å²) in [7, 11) is 0. The van der Waals surface area contributed by atoms with Gasteiger partial charge < -0.3 is 9.73 Å². The number of nitrogens with one attached hydrogen (secondary N) is 1. The molecule has 1 aromatic rings. The lowest BCUT2D eigenvalue weighted by molar-refractivity contribution is 0.0720. The molecule has 0 radical (unpaired) electrons. The summed E-state index contributed by atoms with van der Waals surface area (Å²) in [4.78, 5) is 1.83. The summed E-state index contributed by atoms with van der Waals surface area (Å²) < 4.78 is 29.8. The van der Waals surface area contributed by atoms with Gasteiger partial charge in [-0.1, -0.05) is 0 Å². The molecule has 0 amide bonds. The van der Waals surface area contributed by atoms with E-state index in [0.717, 1.165) is 31.7 Å². The molecule has 0 bridgehead atoms. The summed E-state index contributed by atoms with van der Waals surface area (Å²) in [5.74, 6) is 0.921. The number of hydrogen-bond acceptors (Lipinski definition) is 3. The van der Waals surface area contributed by atoms with Crippen LogP contribution in [0.4, 0.5) is 8.78 Å². The van der Waals surface area contributed by atoms with Crippen LogP contribution in [0.25, 0.3) is 0 Å². The second-order valence-corrected chi connectivity index (χ2v) is 4.87. The van der Waals surface area contributed by atoms with E-state index in [1.54, 1.807) is 6.26 Å². The molecule has 1 atom stereocenters. The molecular formula is C13H20F2N2O. The van der Waals surface area contributed by atoms with Crippen molar-refractivity contribution in [1.82, 2.24) is 10.2 Å². The Hall–Kier alpha value is -0.940. The zero-order valence-electron chi connectivity index (χ0n) is 10.6. The SMILES string of the molecule is C[C@H](NC1CCN(CC(F)F)CC1)c1ccco1. The van der Waals surface area contributed by atoms with E-state index in [0.29, 0.717) is 6.04 Å². The van der Waals surface area contributed by atoms with E-state index in [-0.39, 0.29) is 12.6 Å². The van der Waals surface area contributed by atoms with E-state index < -0.39 is 6.43 Å². The molecular weight excluding hydrogens is 238 g/mol. The quantitative estimate of drug-likeness (QED) is 0.880. The molecule has 3 nitrogen and oxygen atoms in total. The van der Waals surface area contributed by atoms with Crippen molar-refractivity contribution in [2.75, 3.05) is 19.6 Å². The van der Waals surface area contributed by atoms with Crippen molar-refractivity contribution in [3.8, 4) is 0 Å². The zero-order chi connectivity index (χ0) is 13.0. The molecule has 102 valence electrons. The second-order valence-electron chi connectivity index (χ2n) is 4.87. The summed E-state index contributed by atoms with van der Waals surface area (Å²) in [6.07, 6.45) is 1.27. The summed E-state index contributed by atoms with van der Waals surface area (Å²) >= 11 is 0. The van der Waals surface area contributed by atoms with Crippen LogP contribution in [0.2, 0.25) is 0 Å². The maximum atomic E-state index is 12.2. The summed E-state index contributed by atoms with van der Waals surface area (Å²) in [6, 6.07) is 4.38. The van der Waals surface area contributed by atoms with Crippen LogP contribution in [0, 0.1) is 0 Å². The van der Waals surface area contributed by atoms with E-state index in [1.807, 2.05) is 17.0 Å². The predicted molar refractivity (Wildman–Crippen MR) is 65.7 cm³/mol. The molecule has 1 aliphatic rings. The minimum atomic E-state index is -2.23. The number of piperidine rings is 1. The highest BCUT2D eigenvalue weighted by Crippen LogP contribution is 2.18. The fourth-order valence-corrected chi connectivity index (χ4v) is 2.45. The van der Waals surface area contributed by atoms with Crippen LogP contribution in [-0.4, -0.2) is 37.0 Å². The Morgan fingerprint density at radius 2 is 2.17 bits per heavy atom. The van der Waals surface area contributed by atoms with E-state index in [9.17, 15) is 8.78 Å². The van der Waals surface area contributed by atoms with Gasteiger partial charge in [-0.2, -0.15) is 0 Å². The number of likely N-dealkylation sites (tertiary alicyclic amines) is 1. The molecule has 0 spiro atoms. The second kappa shape index (κ2) is 6.29. The van der Waals surface area contributed by atoms with Gasteiger partial charge in [-0.15, -0.1) is 0 Å². The van der Waals surface area contributed by atoms with Crippen LogP contribution in [-0.2, 0) is 0 Å². The highest BCUT2D eigenvalue weighted by atomic mass is 19.3. The molecule has 1 N–H and O–H groups in total. The standard InChI is InChI=1S/C13H20F2N2O/c1-10(12-3-2-8-18-12)16-11-4-6-17(7-5-11)9-13(14)15/h2-3,8,10-11,13,16H,4-7,9H2,1H3/t10-/m0/s1. The Kier molecular flexibility index (Phi) is 4.72. The maximum absolute atomic E-state index is 12.2. The van der Waals surface area contributed by atoms with Crippen LogP contribution in [0.15, 0.2) is 22.8 Å². The third-order valence-electron chi connectivity index (χ3n) is 3.44. The lowest BCUT2D eigenvalue weighted by Crippen LogP contribution is -2.44. The predicted octanol–water partition coefficient (Wildman–Crippen LogP) is 2.66. The Balaban J connectivity index is 1.73. The largest absolute Gasteiger partial charge is 0.468 e. The molecule has 0 saturated carbocycles. The Morgan fingerprint density at radius 3 is 2.72 bits per heavy atom. The van der Waals surface area contributed by atoms with Gasteiger partial charge in [0.1, 0.15) is 5.76 Å². The minimum Gasteiger partial charge on any atom is -0.468 e. The van der Waals surface area contributed by atoms with E-state index in [1.165, 1.54) is 0 Å². The van der Waals surface area contributed by atoms with Gasteiger partial charge in [0.2, 0.25) is 0 Å². The van der Waals surface area contributed by atoms with Gasteiger partial charge in [-0.25, -0.2) is 8.78 Å². The minimum absolute atomic E-state index is 0.0968. The molecule has 0 aromatic carbocycles. The summed E-state index contributed by atoms with van der Waals surface area (Å²) in [5, 5.41) is 3.49. The van der Waals surface area contributed by atoms with Gasteiger partial charge in [0.15, 0.2) is 0 Å². The lowest BCUT2D eigenvalue weighted by atomic mass is 10.0. The number of halogens is 2. The topological polar surface area (TPSA) is 28.4 Å². The van der Waals surface area contributed by atoms with Crippen molar-refractivity contribution < 1.29 is 13.2 Å². The van der Waals surface area contributed by atoms with Crippen molar-refractivity contribution in [3.63, 3.8) is 0 Å². The van der Waals surface area contributed by atoms with Crippen LogP contribution in [0.1, 0.15) is 31.6 Å². The highest BCUT2D eigenvalue weighted by Gasteiger charge is 2.23. The third-order valence-corrected chi connectivity index (χ3v) is 3.44. The number of furan rings is 1. The van der Waals surface area contributed by atoms with Gasteiger partial charge >= 0.3 is 0 Å². The van der Waals surface area contributed by atoms with Gasteiger partial charge in [-0.3, -0.25) is 4.90 Å². The van der Waals surface area contributed by atoms with Gasteiger partial charge in [0, 0.05) is 6.04 Å². The van der Waals surface area contributed by atoms with Crippen LogP contribution >= 0.6 is 0 Å². The molecule has 2 rings (SSSR count). The van der Waals surface area contributed by atoms with Crippen molar-refractivity contribution >= 4 is 0 Å². The van der Waals surface area contributed by atoms with Crippen molar-refractivity contribution in [2.24, 2.45) is 0 Å². The molecule has 5 heteroatoms. The average Bonchev–Trinajstić information content (AvgIpc) is 2.84. The molecule has 1 aliphatic heterocycles. The normalized spacial score (nSPS) is 20.4. The average molecular weight is 258 g/mol. The number of alkyl halides is 2. The number of rotatable bonds is 5. The summed E-state index contributed by atoms with van der Waals surface area (Å²) in [5.41, 5.74) is 0.